The summed E-state index contributed by atoms with van der Waals surface area (Å²) in [6.07, 6.45) is -1.69. The van der Waals surface area contributed by atoms with Crippen LogP contribution in [0.5, 0.6) is 0 Å². The molecule has 0 bridgehead atoms. The molecule has 0 spiro atoms. The quantitative estimate of drug-likeness (QED) is 0.321. The van der Waals surface area contributed by atoms with Gasteiger partial charge in [0.1, 0.15) is 0 Å². The molecule has 3 aromatic rings. The van der Waals surface area contributed by atoms with Crippen molar-refractivity contribution in [2.24, 2.45) is 5.92 Å². The van der Waals surface area contributed by atoms with Crippen LogP contribution in [0.15, 0.2) is 72.8 Å². The second-order valence-corrected chi connectivity index (χ2v) is 8.96. The number of non-ortho nitro benzene ring substituents is 1. The first-order chi connectivity index (χ1) is 17.2. The molecular weight excluding hydrogens is 471 g/mol. The van der Waals surface area contributed by atoms with Crippen LogP contribution in [0.3, 0.4) is 0 Å². The van der Waals surface area contributed by atoms with Gasteiger partial charge >= 0.3 is 6.18 Å². The predicted molar refractivity (Wildman–Crippen MR) is 131 cm³/mol. The summed E-state index contributed by atoms with van der Waals surface area (Å²) in [5, 5.41) is 14.0. The van der Waals surface area contributed by atoms with Gasteiger partial charge in [0.05, 0.1) is 21.7 Å². The highest BCUT2D eigenvalue weighted by Gasteiger charge is 2.30. The molecule has 1 aliphatic heterocycles. The van der Waals surface area contributed by atoms with E-state index in [1.165, 1.54) is 29.8 Å². The molecular formula is C27H26F3N3O3. The van der Waals surface area contributed by atoms with Gasteiger partial charge in [0.2, 0.25) is 0 Å². The van der Waals surface area contributed by atoms with Crippen LogP contribution in [-0.4, -0.2) is 23.9 Å². The number of hydrogen-bond acceptors (Lipinski definition) is 4. The molecule has 0 atom stereocenters. The van der Waals surface area contributed by atoms with Gasteiger partial charge < -0.3 is 10.2 Å². The van der Waals surface area contributed by atoms with E-state index in [4.69, 9.17) is 0 Å². The topological polar surface area (TPSA) is 75.5 Å². The second-order valence-electron chi connectivity index (χ2n) is 8.96. The normalized spacial score (nSPS) is 14.5. The van der Waals surface area contributed by atoms with Gasteiger partial charge in [0.15, 0.2) is 0 Å². The van der Waals surface area contributed by atoms with Crippen molar-refractivity contribution in [3.05, 3.63) is 105 Å². The summed E-state index contributed by atoms with van der Waals surface area (Å²) in [6, 6.07) is 19.1. The minimum atomic E-state index is -4.49. The van der Waals surface area contributed by atoms with Gasteiger partial charge in [-0.25, -0.2) is 0 Å². The third-order valence-corrected chi connectivity index (χ3v) is 6.47. The highest BCUT2D eigenvalue weighted by atomic mass is 19.4. The molecule has 1 heterocycles. The lowest BCUT2D eigenvalue weighted by Gasteiger charge is -2.34. The van der Waals surface area contributed by atoms with Crippen molar-refractivity contribution >= 4 is 17.3 Å². The van der Waals surface area contributed by atoms with Crippen LogP contribution in [0.2, 0.25) is 0 Å². The Morgan fingerprint density at radius 1 is 0.972 bits per heavy atom. The largest absolute Gasteiger partial charge is 0.416 e. The number of amides is 1. The smallest absolute Gasteiger partial charge is 0.371 e. The van der Waals surface area contributed by atoms with Gasteiger partial charge in [0.25, 0.3) is 11.6 Å². The van der Waals surface area contributed by atoms with Crippen molar-refractivity contribution in [3.8, 4) is 0 Å². The number of nitrogens with zero attached hydrogens (tertiary/aromatic N) is 2. The first-order valence-electron chi connectivity index (χ1n) is 11.7. The Balaban J connectivity index is 1.47. The summed E-state index contributed by atoms with van der Waals surface area (Å²) >= 11 is 0. The number of anilines is 1. The third kappa shape index (κ3) is 6.21. The van der Waals surface area contributed by atoms with E-state index >= 15 is 0 Å². The summed E-state index contributed by atoms with van der Waals surface area (Å²) in [4.78, 5) is 25.9. The molecule has 9 heteroatoms. The predicted octanol–water partition coefficient (Wildman–Crippen LogP) is 6.00. The van der Waals surface area contributed by atoms with Crippen LogP contribution in [0.1, 0.15) is 39.9 Å². The minimum Gasteiger partial charge on any atom is -0.371 e. The maximum atomic E-state index is 13.1. The summed E-state index contributed by atoms with van der Waals surface area (Å²) in [5.41, 5.74) is 1.26. The Bertz CT molecular complexity index is 1220. The number of piperidine rings is 1. The third-order valence-electron chi connectivity index (χ3n) is 6.47. The molecule has 36 heavy (non-hydrogen) atoms. The molecule has 0 saturated carbocycles. The molecule has 1 fully saturated rings. The Morgan fingerprint density at radius 2 is 1.67 bits per heavy atom. The fourth-order valence-corrected chi connectivity index (χ4v) is 4.56. The average molecular weight is 498 g/mol. The van der Waals surface area contributed by atoms with Crippen LogP contribution in [0.25, 0.3) is 0 Å². The molecule has 1 aliphatic rings. The average Bonchev–Trinajstić information content (AvgIpc) is 2.87. The van der Waals surface area contributed by atoms with Crippen molar-refractivity contribution in [2.75, 3.05) is 18.0 Å². The van der Waals surface area contributed by atoms with Crippen LogP contribution in [-0.2, 0) is 19.1 Å². The molecule has 0 unspecified atom stereocenters. The number of carbonyl (C=O) groups is 1. The van der Waals surface area contributed by atoms with Crippen molar-refractivity contribution in [1.29, 1.82) is 0 Å². The number of nitrogens with one attached hydrogen (secondary N) is 1. The number of nitro benzene ring substituents is 1. The fraction of sp³-hybridized carbons (Fsp3) is 0.296. The number of benzene rings is 3. The summed E-state index contributed by atoms with van der Waals surface area (Å²) in [7, 11) is 0. The van der Waals surface area contributed by atoms with Gasteiger partial charge in [-0.05, 0) is 54.5 Å². The van der Waals surface area contributed by atoms with Crippen LogP contribution in [0, 0.1) is 16.0 Å². The second kappa shape index (κ2) is 10.8. The number of halogens is 3. The first kappa shape index (κ1) is 25.2. The zero-order chi connectivity index (χ0) is 25.7. The summed E-state index contributed by atoms with van der Waals surface area (Å²) in [6.45, 7) is 1.26. The van der Waals surface area contributed by atoms with Gasteiger partial charge in [-0.3, -0.25) is 14.9 Å². The molecule has 0 aliphatic carbocycles. The Labute approximate surface area is 206 Å². The molecule has 1 N–H and O–H groups in total. The van der Waals surface area contributed by atoms with Crippen molar-refractivity contribution in [3.63, 3.8) is 0 Å². The standard InChI is InChI=1S/C27H26F3N3O3/c28-27(29,30)22-8-4-7-21(16-22)18-31-26(34)24-17-23(33(35)36)9-10-25(24)32-13-11-20(12-14-32)15-19-5-2-1-3-6-19/h1-10,16-17,20H,11-15,18H2,(H,31,34). The number of rotatable bonds is 7. The Morgan fingerprint density at radius 3 is 2.33 bits per heavy atom. The first-order valence-corrected chi connectivity index (χ1v) is 11.7. The van der Waals surface area contributed by atoms with E-state index < -0.39 is 22.6 Å². The lowest BCUT2D eigenvalue weighted by atomic mass is 9.89. The highest BCUT2D eigenvalue weighted by Crippen LogP contribution is 2.31. The number of alkyl halides is 3. The lowest BCUT2D eigenvalue weighted by molar-refractivity contribution is -0.384. The number of hydrogen-bond donors (Lipinski definition) is 1. The van der Waals surface area contributed by atoms with E-state index in [0.717, 1.165) is 31.4 Å². The summed E-state index contributed by atoms with van der Waals surface area (Å²) < 4.78 is 39.0. The summed E-state index contributed by atoms with van der Waals surface area (Å²) in [5.74, 6) is -0.0718. The molecule has 1 amide bonds. The molecule has 3 aromatic carbocycles. The van der Waals surface area contributed by atoms with E-state index in [1.54, 1.807) is 6.07 Å². The maximum absolute atomic E-state index is 13.1. The molecule has 0 aromatic heterocycles. The monoisotopic (exact) mass is 497 g/mol. The maximum Gasteiger partial charge on any atom is 0.416 e. The van der Waals surface area contributed by atoms with Gasteiger partial charge in [-0.1, -0.05) is 42.5 Å². The Kier molecular flexibility index (Phi) is 7.57. The molecule has 1 saturated heterocycles. The van der Waals surface area contributed by atoms with Crippen LogP contribution < -0.4 is 10.2 Å². The van der Waals surface area contributed by atoms with Crippen molar-refractivity contribution in [1.82, 2.24) is 5.32 Å². The molecule has 0 radical (unpaired) electrons. The molecule has 188 valence electrons. The van der Waals surface area contributed by atoms with Crippen LogP contribution in [0.4, 0.5) is 24.5 Å². The molecule has 6 nitrogen and oxygen atoms in total. The van der Waals surface area contributed by atoms with E-state index in [0.29, 0.717) is 24.7 Å². The zero-order valence-corrected chi connectivity index (χ0v) is 19.5. The fourth-order valence-electron chi connectivity index (χ4n) is 4.56. The van der Waals surface area contributed by atoms with E-state index in [1.807, 2.05) is 23.1 Å². The van der Waals surface area contributed by atoms with Gasteiger partial charge in [-0.15, -0.1) is 0 Å². The van der Waals surface area contributed by atoms with Crippen molar-refractivity contribution in [2.45, 2.75) is 32.0 Å². The number of nitro groups is 1. The van der Waals surface area contributed by atoms with E-state index in [2.05, 4.69) is 17.4 Å². The highest BCUT2D eigenvalue weighted by molar-refractivity contribution is 6.00. The minimum absolute atomic E-state index is 0.135. The van der Waals surface area contributed by atoms with Gasteiger partial charge in [0, 0.05) is 31.8 Å². The van der Waals surface area contributed by atoms with Crippen molar-refractivity contribution < 1.29 is 22.9 Å². The lowest BCUT2D eigenvalue weighted by Crippen LogP contribution is -2.36. The SMILES string of the molecule is O=C(NCc1cccc(C(F)(F)F)c1)c1cc([N+](=O)[O-])ccc1N1CCC(Cc2ccccc2)CC1. The van der Waals surface area contributed by atoms with Crippen LogP contribution >= 0.6 is 0 Å². The Hall–Kier alpha value is -3.88. The van der Waals surface area contributed by atoms with E-state index in [9.17, 15) is 28.1 Å². The van der Waals surface area contributed by atoms with E-state index in [-0.39, 0.29) is 23.4 Å². The van der Waals surface area contributed by atoms with Gasteiger partial charge in [-0.2, -0.15) is 13.2 Å². The zero-order valence-electron chi connectivity index (χ0n) is 19.5. The number of carbonyl (C=O) groups excluding carboxylic acids is 1. The molecule has 4 rings (SSSR count).